The van der Waals surface area contributed by atoms with Gasteiger partial charge in [-0.2, -0.15) is 0 Å². The zero-order chi connectivity index (χ0) is 17.1. The number of ether oxygens (including phenoxy) is 1. The summed E-state index contributed by atoms with van der Waals surface area (Å²) in [4.78, 5) is 17.7. The van der Waals surface area contributed by atoms with Gasteiger partial charge in [0.25, 0.3) is 0 Å². The van der Waals surface area contributed by atoms with Crippen molar-refractivity contribution >= 4 is 5.91 Å². The summed E-state index contributed by atoms with van der Waals surface area (Å²) in [6.45, 7) is 8.72. The van der Waals surface area contributed by atoms with E-state index in [1.54, 1.807) is 0 Å². The van der Waals surface area contributed by atoms with Crippen LogP contribution >= 0.6 is 0 Å². The predicted octanol–water partition coefficient (Wildman–Crippen LogP) is 3.51. The van der Waals surface area contributed by atoms with E-state index in [4.69, 9.17) is 9.15 Å². The Hall–Kier alpha value is -2.56. The molecule has 0 N–H and O–H groups in total. The molecule has 5 heteroatoms. The number of carbonyl (C=O) groups is 1. The Balaban J connectivity index is 1.67. The number of piperidine rings is 1. The fourth-order valence-electron chi connectivity index (χ4n) is 3.03. The summed E-state index contributed by atoms with van der Waals surface area (Å²) >= 11 is 0. The minimum absolute atomic E-state index is 0.00777. The van der Waals surface area contributed by atoms with E-state index in [0.29, 0.717) is 19.0 Å². The average molecular weight is 326 g/mol. The molecular weight excluding hydrogens is 304 g/mol. The van der Waals surface area contributed by atoms with Gasteiger partial charge in [0.15, 0.2) is 11.7 Å². The standard InChI is InChI=1S/C19H22N2O3/c1-4-18(22)21-10-8-16(9-11-21)24-17-7-5-6-15(12-17)19-13(2)20-14(3)23-19/h4-7,12,16H,1,8-11H2,2-3H3. The molecule has 1 fully saturated rings. The van der Waals surface area contributed by atoms with E-state index >= 15 is 0 Å². The molecule has 1 aromatic heterocycles. The van der Waals surface area contributed by atoms with E-state index in [9.17, 15) is 4.79 Å². The number of hydrogen-bond acceptors (Lipinski definition) is 4. The first-order chi connectivity index (χ1) is 11.6. The number of rotatable bonds is 4. The minimum atomic E-state index is -0.00777. The number of likely N-dealkylation sites (tertiary alicyclic amines) is 1. The van der Waals surface area contributed by atoms with Crippen LogP contribution in [0.15, 0.2) is 41.3 Å². The van der Waals surface area contributed by atoms with Crippen LogP contribution in [0, 0.1) is 13.8 Å². The van der Waals surface area contributed by atoms with Crippen LogP contribution < -0.4 is 4.74 Å². The second-order valence-electron chi connectivity index (χ2n) is 6.02. The fourth-order valence-corrected chi connectivity index (χ4v) is 3.03. The minimum Gasteiger partial charge on any atom is -0.490 e. The van der Waals surface area contributed by atoms with Crippen LogP contribution in [-0.4, -0.2) is 35.0 Å². The van der Waals surface area contributed by atoms with Gasteiger partial charge in [0.2, 0.25) is 5.91 Å². The van der Waals surface area contributed by atoms with Gasteiger partial charge in [-0.15, -0.1) is 0 Å². The first-order valence-corrected chi connectivity index (χ1v) is 8.19. The van der Waals surface area contributed by atoms with Crippen LogP contribution in [0.3, 0.4) is 0 Å². The van der Waals surface area contributed by atoms with Crippen LogP contribution in [0.1, 0.15) is 24.4 Å². The van der Waals surface area contributed by atoms with Gasteiger partial charge in [-0.1, -0.05) is 18.7 Å². The molecule has 1 aromatic carbocycles. The quantitative estimate of drug-likeness (QED) is 0.807. The summed E-state index contributed by atoms with van der Waals surface area (Å²) in [5.74, 6) is 2.25. The molecule has 0 saturated carbocycles. The maximum absolute atomic E-state index is 11.6. The Labute approximate surface area is 141 Å². The Morgan fingerprint density at radius 2 is 2.12 bits per heavy atom. The molecule has 0 spiro atoms. The van der Waals surface area contributed by atoms with Crippen LogP contribution in [0.25, 0.3) is 11.3 Å². The summed E-state index contributed by atoms with van der Waals surface area (Å²) in [7, 11) is 0. The molecule has 0 bridgehead atoms. The largest absolute Gasteiger partial charge is 0.490 e. The lowest BCUT2D eigenvalue weighted by molar-refractivity contribution is -0.127. The highest BCUT2D eigenvalue weighted by Crippen LogP contribution is 2.28. The number of hydrogen-bond donors (Lipinski definition) is 0. The highest BCUT2D eigenvalue weighted by atomic mass is 16.5. The number of nitrogens with zero attached hydrogens (tertiary/aromatic N) is 2. The molecule has 5 nitrogen and oxygen atoms in total. The summed E-state index contributed by atoms with van der Waals surface area (Å²) in [5, 5.41) is 0. The van der Waals surface area contributed by atoms with Crippen molar-refractivity contribution in [2.24, 2.45) is 0 Å². The third-order valence-corrected chi connectivity index (χ3v) is 4.23. The van der Waals surface area contributed by atoms with Crippen molar-refractivity contribution in [1.29, 1.82) is 0 Å². The third-order valence-electron chi connectivity index (χ3n) is 4.23. The Morgan fingerprint density at radius 1 is 1.38 bits per heavy atom. The topological polar surface area (TPSA) is 55.6 Å². The van der Waals surface area contributed by atoms with Crippen LogP contribution in [-0.2, 0) is 4.79 Å². The molecular formula is C19H22N2O3. The molecule has 0 radical (unpaired) electrons. The van der Waals surface area contributed by atoms with Gasteiger partial charge in [0.1, 0.15) is 11.9 Å². The van der Waals surface area contributed by atoms with E-state index in [0.717, 1.165) is 35.6 Å². The molecule has 24 heavy (non-hydrogen) atoms. The van der Waals surface area contributed by atoms with Crippen molar-refractivity contribution in [1.82, 2.24) is 9.88 Å². The summed E-state index contributed by atoms with van der Waals surface area (Å²) in [5.41, 5.74) is 1.84. The van der Waals surface area contributed by atoms with E-state index < -0.39 is 0 Å². The summed E-state index contributed by atoms with van der Waals surface area (Å²) in [6, 6.07) is 7.88. The highest BCUT2D eigenvalue weighted by Gasteiger charge is 2.22. The molecule has 2 aromatic rings. The summed E-state index contributed by atoms with van der Waals surface area (Å²) < 4.78 is 11.8. The summed E-state index contributed by atoms with van der Waals surface area (Å²) in [6.07, 6.45) is 3.13. The van der Waals surface area contributed by atoms with Gasteiger partial charge in [-0.05, 0) is 25.1 Å². The SMILES string of the molecule is C=CC(=O)N1CCC(Oc2cccc(-c3oc(C)nc3C)c2)CC1. The van der Waals surface area contributed by atoms with E-state index in [2.05, 4.69) is 11.6 Å². The molecule has 2 heterocycles. The smallest absolute Gasteiger partial charge is 0.245 e. The van der Waals surface area contributed by atoms with Gasteiger partial charge in [0, 0.05) is 38.4 Å². The predicted molar refractivity (Wildman–Crippen MR) is 91.8 cm³/mol. The Morgan fingerprint density at radius 3 is 2.75 bits per heavy atom. The lowest BCUT2D eigenvalue weighted by Gasteiger charge is -2.31. The monoisotopic (exact) mass is 326 g/mol. The lowest BCUT2D eigenvalue weighted by Crippen LogP contribution is -2.41. The fraction of sp³-hybridized carbons (Fsp3) is 0.368. The molecule has 1 aliphatic heterocycles. The Bertz CT molecular complexity index is 743. The normalized spacial score (nSPS) is 15.3. The van der Waals surface area contributed by atoms with Crippen molar-refractivity contribution in [2.45, 2.75) is 32.8 Å². The van der Waals surface area contributed by atoms with Gasteiger partial charge < -0.3 is 14.1 Å². The number of carbonyl (C=O) groups excluding carboxylic acids is 1. The number of oxazole rings is 1. The number of aromatic nitrogens is 1. The van der Waals surface area contributed by atoms with Crippen molar-refractivity contribution < 1.29 is 13.9 Å². The maximum Gasteiger partial charge on any atom is 0.245 e. The highest BCUT2D eigenvalue weighted by molar-refractivity contribution is 5.87. The van der Waals surface area contributed by atoms with Gasteiger partial charge >= 0.3 is 0 Å². The zero-order valence-corrected chi connectivity index (χ0v) is 14.1. The lowest BCUT2D eigenvalue weighted by atomic mass is 10.1. The van der Waals surface area contributed by atoms with Crippen LogP contribution in [0.2, 0.25) is 0 Å². The Kier molecular flexibility index (Phi) is 4.69. The van der Waals surface area contributed by atoms with Crippen molar-refractivity contribution in [3.05, 3.63) is 48.5 Å². The van der Waals surface area contributed by atoms with Gasteiger partial charge in [-0.3, -0.25) is 4.79 Å². The number of aryl methyl sites for hydroxylation is 2. The zero-order valence-electron chi connectivity index (χ0n) is 14.1. The van der Waals surface area contributed by atoms with Gasteiger partial charge in [0.05, 0.1) is 5.69 Å². The molecule has 1 aliphatic rings. The molecule has 0 atom stereocenters. The van der Waals surface area contributed by atoms with Crippen LogP contribution in [0.4, 0.5) is 0 Å². The van der Waals surface area contributed by atoms with Crippen LogP contribution in [0.5, 0.6) is 5.75 Å². The average Bonchev–Trinajstić information content (AvgIpc) is 2.93. The first-order valence-electron chi connectivity index (χ1n) is 8.19. The van der Waals surface area contributed by atoms with Crippen molar-refractivity contribution in [3.8, 4) is 17.1 Å². The molecule has 1 saturated heterocycles. The molecule has 1 amide bonds. The molecule has 0 unspecified atom stereocenters. The third kappa shape index (κ3) is 3.50. The molecule has 3 rings (SSSR count). The van der Waals surface area contributed by atoms with Crippen molar-refractivity contribution in [3.63, 3.8) is 0 Å². The van der Waals surface area contributed by atoms with E-state index in [-0.39, 0.29) is 12.0 Å². The van der Waals surface area contributed by atoms with Crippen molar-refractivity contribution in [2.75, 3.05) is 13.1 Å². The number of amides is 1. The number of benzene rings is 1. The first kappa shape index (κ1) is 16.3. The van der Waals surface area contributed by atoms with Gasteiger partial charge in [-0.25, -0.2) is 4.98 Å². The maximum atomic E-state index is 11.6. The van der Waals surface area contributed by atoms with E-state index in [1.165, 1.54) is 6.08 Å². The second-order valence-corrected chi connectivity index (χ2v) is 6.02. The molecule has 0 aliphatic carbocycles. The second kappa shape index (κ2) is 6.91. The molecule has 126 valence electrons. The van der Waals surface area contributed by atoms with E-state index in [1.807, 2.05) is 43.0 Å².